The van der Waals surface area contributed by atoms with Crippen LogP contribution >= 0.6 is 11.3 Å². The van der Waals surface area contributed by atoms with Gasteiger partial charge in [0.2, 0.25) is 0 Å². The van der Waals surface area contributed by atoms with Gasteiger partial charge in [-0.3, -0.25) is 5.32 Å². The van der Waals surface area contributed by atoms with Gasteiger partial charge < -0.3 is 9.64 Å². The van der Waals surface area contributed by atoms with E-state index in [4.69, 9.17) is 4.74 Å². The third-order valence-electron chi connectivity index (χ3n) is 5.03. The molecular formula is C22H28N4O3S. The van der Waals surface area contributed by atoms with Crippen molar-refractivity contribution in [1.82, 2.24) is 5.43 Å². The van der Waals surface area contributed by atoms with Crippen LogP contribution in [-0.2, 0) is 17.6 Å². The molecule has 2 N–H and O–H groups in total. The molecule has 1 aliphatic rings. The van der Waals surface area contributed by atoms with E-state index in [0.717, 1.165) is 54.0 Å². The second-order valence-electron chi connectivity index (χ2n) is 6.87. The number of hydrogen-bond acceptors (Lipinski definition) is 6. The summed E-state index contributed by atoms with van der Waals surface area (Å²) < 4.78 is 5.18. The van der Waals surface area contributed by atoms with E-state index in [-0.39, 0.29) is 5.97 Å². The minimum atomic E-state index is -0.489. The number of nitrogens with zero attached hydrogens (tertiary/aromatic N) is 2. The monoisotopic (exact) mass is 428 g/mol. The van der Waals surface area contributed by atoms with Crippen LogP contribution in [0.1, 0.15) is 53.6 Å². The fourth-order valence-electron chi connectivity index (χ4n) is 3.57. The summed E-state index contributed by atoms with van der Waals surface area (Å²) in [5, 5.41) is 7.29. The van der Waals surface area contributed by atoms with Crippen molar-refractivity contribution in [3.63, 3.8) is 0 Å². The lowest BCUT2D eigenvalue weighted by molar-refractivity contribution is 0.0527. The first-order valence-corrected chi connectivity index (χ1v) is 11.2. The number of hydrogen-bond donors (Lipinski definition) is 2. The molecule has 0 unspecified atom stereocenters. The van der Waals surface area contributed by atoms with Crippen molar-refractivity contribution in [2.45, 2.75) is 40.0 Å². The van der Waals surface area contributed by atoms with Gasteiger partial charge in [-0.05, 0) is 63.3 Å². The summed E-state index contributed by atoms with van der Waals surface area (Å²) in [7, 11) is 0. The predicted molar refractivity (Wildman–Crippen MR) is 122 cm³/mol. The maximum atomic E-state index is 12.4. The Labute approximate surface area is 181 Å². The average molecular weight is 429 g/mol. The van der Waals surface area contributed by atoms with Gasteiger partial charge in [-0.1, -0.05) is 12.1 Å². The molecule has 0 saturated carbocycles. The Morgan fingerprint density at radius 2 is 1.90 bits per heavy atom. The number of carbonyl (C=O) groups excluding carboxylic acids is 2. The molecule has 1 aromatic carbocycles. The molecule has 8 heteroatoms. The number of urea groups is 1. The van der Waals surface area contributed by atoms with E-state index >= 15 is 0 Å². The number of fused-ring (bicyclic) bond motifs is 1. The van der Waals surface area contributed by atoms with Crippen LogP contribution in [0.4, 0.5) is 15.5 Å². The number of hydrazone groups is 1. The fourth-order valence-corrected chi connectivity index (χ4v) is 4.84. The number of ether oxygens (including phenoxy) is 1. The summed E-state index contributed by atoms with van der Waals surface area (Å²) in [6, 6.07) is 7.50. The maximum absolute atomic E-state index is 12.4. The number of aryl methyl sites for hydroxylation is 1. The number of nitrogens with one attached hydrogen (secondary N) is 2. The number of thiophene rings is 1. The summed E-state index contributed by atoms with van der Waals surface area (Å²) in [5.74, 6) is -0.385. The van der Waals surface area contributed by atoms with E-state index in [1.165, 1.54) is 11.3 Å². The minimum Gasteiger partial charge on any atom is -0.462 e. The van der Waals surface area contributed by atoms with Gasteiger partial charge in [0.15, 0.2) is 0 Å². The van der Waals surface area contributed by atoms with Crippen LogP contribution in [0.25, 0.3) is 0 Å². The minimum absolute atomic E-state index is 0.298. The van der Waals surface area contributed by atoms with Gasteiger partial charge in [-0.15, -0.1) is 11.3 Å². The summed E-state index contributed by atoms with van der Waals surface area (Å²) in [5.41, 5.74) is 5.99. The maximum Gasteiger partial charge on any atom is 0.341 e. The molecule has 1 heterocycles. The lowest BCUT2D eigenvalue weighted by Crippen LogP contribution is -2.25. The number of amides is 2. The highest BCUT2D eigenvalue weighted by molar-refractivity contribution is 7.17. The highest BCUT2D eigenvalue weighted by atomic mass is 32.1. The molecule has 1 aliphatic carbocycles. The summed E-state index contributed by atoms with van der Waals surface area (Å²) in [6.07, 6.45) is 4.38. The van der Waals surface area contributed by atoms with Crippen molar-refractivity contribution in [3.8, 4) is 0 Å². The Hall–Kier alpha value is -2.87. The Morgan fingerprint density at radius 3 is 2.57 bits per heavy atom. The normalized spacial score (nSPS) is 12.6. The van der Waals surface area contributed by atoms with E-state index in [9.17, 15) is 9.59 Å². The number of esters is 1. The Morgan fingerprint density at radius 1 is 1.17 bits per heavy atom. The quantitative estimate of drug-likeness (QED) is 0.370. The van der Waals surface area contributed by atoms with Gasteiger partial charge in [0, 0.05) is 23.7 Å². The molecule has 0 radical (unpaired) electrons. The number of anilines is 2. The van der Waals surface area contributed by atoms with E-state index in [1.807, 2.05) is 24.3 Å². The smallest absolute Gasteiger partial charge is 0.341 e. The van der Waals surface area contributed by atoms with Crippen LogP contribution < -0.4 is 15.6 Å². The zero-order valence-electron chi connectivity index (χ0n) is 17.7. The van der Waals surface area contributed by atoms with Gasteiger partial charge in [-0.2, -0.15) is 5.10 Å². The van der Waals surface area contributed by atoms with Crippen molar-refractivity contribution in [3.05, 3.63) is 45.8 Å². The molecule has 0 saturated heterocycles. The highest BCUT2D eigenvalue weighted by Gasteiger charge is 2.28. The van der Waals surface area contributed by atoms with Crippen molar-refractivity contribution in [2.24, 2.45) is 5.10 Å². The molecule has 2 aromatic rings. The van der Waals surface area contributed by atoms with Gasteiger partial charge in [0.1, 0.15) is 5.00 Å². The number of benzene rings is 1. The molecular weight excluding hydrogens is 400 g/mol. The Balaban J connectivity index is 1.62. The highest BCUT2D eigenvalue weighted by Crippen LogP contribution is 2.39. The Kier molecular flexibility index (Phi) is 7.46. The Bertz CT molecular complexity index is 917. The standard InChI is InChI=1S/C22H28N4O3S/c1-4-26(5-2)16-12-10-15(11-13-16)14-23-25-22(28)24-20-19(21(27)29-6-3)17-8-7-9-18(17)30-20/h10-14H,4-9H2,1-3H3,(H2,24,25,28)/b23-14-. The van der Waals surface area contributed by atoms with E-state index in [1.54, 1.807) is 13.1 Å². The van der Waals surface area contributed by atoms with Crippen LogP contribution in [0.5, 0.6) is 0 Å². The van der Waals surface area contributed by atoms with Gasteiger partial charge in [0.25, 0.3) is 0 Å². The lowest BCUT2D eigenvalue weighted by Gasteiger charge is -2.20. The molecule has 1 aromatic heterocycles. The third kappa shape index (κ3) is 4.99. The predicted octanol–water partition coefficient (Wildman–Crippen LogP) is 4.42. The SMILES string of the molecule is CCOC(=O)c1c(NC(=O)N/N=C\c2ccc(N(CC)CC)cc2)sc2c1CCC2. The molecule has 0 bridgehead atoms. The summed E-state index contributed by atoms with van der Waals surface area (Å²) in [6.45, 7) is 8.21. The van der Waals surface area contributed by atoms with Crippen LogP contribution in [0.2, 0.25) is 0 Å². The molecule has 2 amide bonds. The zero-order valence-corrected chi connectivity index (χ0v) is 18.5. The molecule has 0 fully saturated rings. The third-order valence-corrected chi connectivity index (χ3v) is 6.24. The summed E-state index contributed by atoms with van der Waals surface area (Å²) >= 11 is 1.44. The van der Waals surface area contributed by atoms with Crippen LogP contribution in [-0.4, -0.2) is 37.9 Å². The number of rotatable bonds is 8. The zero-order chi connectivity index (χ0) is 21.5. The van der Waals surface area contributed by atoms with Crippen molar-refractivity contribution < 1.29 is 14.3 Å². The molecule has 0 atom stereocenters. The topological polar surface area (TPSA) is 83.0 Å². The second-order valence-corrected chi connectivity index (χ2v) is 7.98. The van der Waals surface area contributed by atoms with Crippen LogP contribution in [0.3, 0.4) is 0 Å². The molecule has 0 spiro atoms. The van der Waals surface area contributed by atoms with E-state index in [2.05, 4.69) is 34.6 Å². The van der Waals surface area contributed by atoms with Crippen molar-refractivity contribution in [1.29, 1.82) is 0 Å². The lowest BCUT2D eigenvalue weighted by atomic mass is 10.1. The molecule has 160 valence electrons. The van der Waals surface area contributed by atoms with Gasteiger partial charge in [-0.25, -0.2) is 15.0 Å². The van der Waals surface area contributed by atoms with Gasteiger partial charge in [0.05, 0.1) is 18.4 Å². The van der Waals surface area contributed by atoms with Crippen molar-refractivity contribution >= 4 is 40.2 Å². The van der Waals surface area contributed by atoms with E-state index < -0.39 is 6.03 Å². The fraction of sp³-hybridized carbons (Fsp3) is 0.409. The van der Waals surface area contributed by atoms with Crippen LogP contribution in [0, 0.1) is 0 Å². The molecule has 7 nitrogen and oxygen atoms in total. The van der Waals surface area contributed by atoms with Crippen molar-refractivity contribution in [2.75, 3.05) is 29.9 Å². The molecule has 30 heavy (non-hydrogen) atoms. The van der Waals surface area contributed by atoms with Gasteiger partial charge >= 0.3 is 12.0 Å². The van der Waals surface area contributed by atoms with Crippen LogP contribution in [0.15, 0.2) is 29.4 Å². The number of carbonyl (C=O) groups is 2. The molecule has 0 aliphatic heterocycles. The summed E-state index contributed by atoms with van der Waals surface area (Å²) in [4.78, 5) is 28.1. The second kappa shape index (κ2) is 10.2. The average Bonchev–Trinajstić information content (AvgIpc) is 3.31. The first-order chi connectivity index (χ1) is 14.6. The first-order valence-electron chi connectivity index (χ1n) is 10.3. The first kappa shape index (κ1) is 21.8. The van der Waals surface area contributed by atoms with E-state index in [0.29, 0.717) is 17.2 Å². The molecule has 3 rings (SSSR count). The largest absolute Gasteiger partial charge is 0.462 e.